The van der Waals surface area contributed by atoms with E-state index in [1.54, 1.807) is 6.08 Å². The summed E-state index contributed by atoms with van der Waals surface area (Å²) in [6.07, 6.45) is 15.1. The van der Waals surface area contributed by atoms with Crippen LogP contribution >= 0.6 is 0 Å². The molecule has 2 atom stereocenters. The minimum atomic E-state index is -0.695. The second-order valence-electron chi connectivity index (χ2n) is 6.23. The molecule has 0 saturated carbocycles. The fourth-order valence-corrected chi connectivity index (χ4v) is 3.14. The first-order chi connectivity index (χ1) is 10.1. The summed E-state index contributed by atoms with van der Waals surface area (Å²) in [4.78, 5) is 22.3. The van der Waals surface area contributed by atoms with Gasteiger partial charge in [0.2, 0.25) is 0 Å². The Hall–Kier alpha value is -1.12. The van der Waals surface area contributed by atoms with Gasteiger partial charge in [-0.2, -0.15) is 0 Å². The van der Waals surface area contributed by atoms with Crippen molar-refractivity contribution in [3.8, 4) is 0 Å². The zero-order valence-corrected chi connectivity index (χ0v) is 13.4. The van der Waals surface area contributed by atoms with Crippen molar-refractivity contribution >= 4 is 11.8 Å². The number of carbonyl (C=O) groups is 2. The third-order valence-electron chi connectivity index (χ3n) is 4.44. The molecule has 1 aliphatic rings. The van der Waals surface area contributed by atoms with Crippen LogP contribution in [0.2, 0.25) is 0 Å². The van der Waals surface area contributed by atoms with Crippen LogP contribution in [0.5, 0.6) is 0 Å². The first kappa shape index (κ1) is 17.9. The first-order valence-corrected chi connectivity index (χ1v) is 8.59. The zero-order chi connectivity index (χ0) is 15.5. The summed E-state index contributed by atoms with van der Waals surface area (Å²) in [6.45, 7) is 2.19. The van der Waals surface area contributed by atoms with Gasteiger partial charge in [0.25, 0.3) is 0 Å². The number of hydrogen-bond acceptors (Lipinski definition) is 2. The summed E-state index contributed by atoms with van der Waals surface area (Å²) in [5.74, 6) is 0.328. The van der Waals surface area contributed by atoms with Gasteiger partial charge in [-0.05, 0) is 31.3 Å². The molecule has 0 bridgehead atoms. The summed E-state index contributed by atoms with van der Waals surface area (Å²) in [6, 6.07) is 0. The van der Waals surface area contributed by atoms with Crippen LogP contribution in [0.15, 0.2) is 12.2 Å². The molecule has 0 spiro atoms. The van der Waals surface area contributed by atoms with Crippen LogP contribution < -0.4 is 0 Å². The van der Waals surface area contributed by atoms with E-state index in [0.717, 1.165) is 44.9 Å². The molecule has 120 valence electrons. The van der Waals surface area contributed by atoms with E-state index < -0.39 is 5.97 Å². The third-order valence-corrected chi connectivity index (χ3v) is 4.44. The number of carboxylic acids is 1. The Labute approximate surface area is 128 Å². The highest BCUT2D eigenvalue weighted by atomic mass is 16.4. The van der Waals surface area contributed by atoms with Crippen LogP contribution in [0.4, 0.5) is 0 Å². The highest BCUT2D eigenvalue weighted by Gasteiger charge is 2.28. The van der Waals surface area contributed by atoms with Gasteiger partial charge in [0.15, 0.2) is 5.78 Å². The van der Waals surface area contributed by atoms with Gasteiger partial charge in [0.1, 0.15) is 0 Å². The van der Waals surface area contributed by atoms with Gasteiger partial charge in [-0.25, -0.2) is 0 Å². The Morgan fingerprint density at radius 1 is 1.05 bits per heavy atom. The van der Waals surface area contributed by atoms with E-state index >= 15 is 0 Å². The number of allylic oxidation sites excluding steroid dienone is 2. The maximum Gasteiger partial charge on any atom is 0.303 e. The minimum absolute atomic E-state index is 0.239. The SMILES string of the molecule is CCCCC[C@@H]1C(=O)C=C[C@H]1CCCCCCCC(=O)O. The van der Waals surface area contributed by atoms with Crippen molar-refractivity contribution in [3.63, 3.8) is 0 Å². The van der Waals surface area contributed by atoms with Crippen molar-refractivity contribution in [2.24, 2.45) is 11.8 Å². The molecule has 0 radical (unpaired) electrons. The number of rotatable bonds is 12. The van der Waals surface area contributed by atoms with Gasteiger partial charge in [-0.3, -0.25) is 9.59 Å². The summed E-state index contributed by atoms with van der Waals surface area (Å²) < 4.78 is 0. The minimum Gasteiger partial charge on any atom is -0.481 e. The molecular formula is C18H30O3. The van der Waals surface area contributed by atoms with Gasteiger partial charge in [0.05, 0.1) is 0 Å². The number of aliphatic carboxylic acids is 1. The number of carboxylic acid groups (broad SMARTS) is 1. The Morgan fingerprint density at radius 2 is 1.71 bits per heavy atom. The molecule has 0 unspecified atom stereocenters. The number of carbonyl (C=O) groups excluding carboxylic acids is 1. The Kier molecular flexibility index (Phi) is 9.04. The summed E-state index contributed by atoms with van der Waals surface area (Å²) in [5, 5.41) is 8.56. The third kappa shape index (κ3) is 7.45. The normalized spacial score (nSPS) is 21.1. The van der Waals surface area contributed by atoms with Crippen LogP contribution in [0.1, 0.15) is 77.6 Å². The molecule has 1 aliphatic carbocycles. The largest absolute Gasteiger partial charge is 0.481 e. The Bertz CT molecular complexity index is 346. The smallest absolute Gasteiger partial charge is 0.303 e. The summed E-state index contributed by atoms with van der Waals surface area (Å²) in [5.41, 5.74) is 0. The number of hydrogen-bond donors (Lipinski definition) is 1. The molecule has 0 aromatic carbocycles. The number of ketones is 1. The molecule has 3 heteroatoms. The standard InChI is InChI=1S/C18H30O3/c1-2-3-7-11-16-15(13-14-17(16)19)10-8-5-4-6-9-12-18(20)21/h13-16H,2-12H2,1H3,(H,20,21)/t15-,16+/m1/s1. The van der Waals surface area contributed by atoms with E-state index in [2.05, 4.69) is 13.0 Å². The van der Waals surface area contributed by atoms with E-state index in [1.165, 1.54) is 19.3 Å². The molecule has 0 heterocycles. The van der Waals surface area contributed by atoms with E-state index in [4.69, 9.17) is 5.11 Å². The molecule has 21 heavy (non-hydrogen) atoms. The highest BCUT2D eigenvalue weighted by molar-refractivity contribution is 5.94. The molecule has 0 aromatic rings. The quantitative estimate of drug-likeness (QED) is 0.528. The second kappa shape index (κ2) is 10.6. The molecule has 1 N–H and O–H groups in total. The fourth-order valence-electron chi connectivity index (χ4n) is 3.14. The van der Waals surface area contributed by atoms with Crippen molar-refractivity contribution in [2.45, 2.75) is 77.6 Å². The molecular weight excluding hydrogens is 264 g/mol. The van der Waals surface area contributed by atoms with Crippen molar-refractivity contribution in [1.29, 1.82) is 0 Å². The van der Waals surface area contributed by atoms with Gasteiger partial charge in [-0.15, -0.1) is 0 Å². The molecule has 0 aromatic heterocycles. The predicted octanol–water partition coefficient (Wildman–Crippen LogP) is 4.75. The average Bonchev–Trinajstić information content (AvgIpc) is 2.79. The Morgan fingerprint density at radius 3 is 2.43 bits per heavy atom. The predicted molar refractivity (Wildman–Crippen MR) is 85.2 cm³/mol. The lowest BCUT2D eigenvalue weighted by Gasteiger charge is -2.17. The average molecular weight is 294 g/mol. The lowest BCUT2D eigenvalue weighted by molar-refractivity contribution is -0.137. The first-order valence-electron chi connectivity index (χ1n) is 8.59. The zero-order valence-electron chi connectivity index (χ0n) is 13.4. The maximum absolute atomic E-state index is 11.9. The summed E-state index contributed by atoms with van der Waals surface area (Å²) >= 11 is 0. The van der Waals surface area contributed by atoms with E-state index in [1.807, 2.05) is 0 Å². The van der Waals surface area contributed by atoms with Crippen LogP contribution in [0.3, 0.4) is 0 Å². The van der Waals surface area contributed by atoms with Crippen molar-refractivity contribution in [1.82, 2.24) is 0 Å². The van der Waals surface area contributed by atoms with Gasteiger partial charge in [0, 0.05) is 12.3 Å². The topological polar surface area (TPSA) is 54.4 Å². The molecule has 0 aliphatic heterocycles. The van der Waals surface area contributed by atoms with Gasteiger partial charge in [-0.1, -0.05) is 57.9 Å². The molecule has 0 saturated heterocycles. The lowest BCUT2D eigenvalue weighted by atomic mass is 9.86. The van der Waals surface area contributed by atoms with Gasteiger partial charge < -0.3 is 5.11 Å². The van der Waals surface area contributed by atoms with Crippen molar-refractivity contribution in [3.05, 3.63) is 12.2 Å². The van der Waals surface area contributed by atoms with Gasteiger partial charge >= 0.3 is 5.97 Å². The van der Waals surface area contributed by atoms with Crippen molar-refractivity contribution in [2.75, 3.05) is 0 Å². The van der Waals surface area contributed by atoms with Crippen LogP contribution in [0, 0.1) is 11.8 Å². The second-order valence-corrected chi connectivity index (χ2v) is 6.23. The van der Waals surface area contributed by atoms with Crippen LogP contribution in [-0.2, 0) is 9.59 Å². The lowest BCUT2D eigenvalue weighted by Crippen LogP contribution is -2.16. The van der Waals surface area contributed by atoms with E-state index in [9.17, 15) is 9.59 Å². The van der Waals surface area contributed by atoms with E-state index in [-0.39, 0.29) is 5.92 Å². The maximum atomic E-state index is 11.9. The van der Waals surface area contributed by atoms with E-state index in [0.29, 0.717) is 18.1 Å². The molecule has 1 rings (SSSR count). The summed E-state index contributed by atoms with van der Waals surface area (Å²) in [7, 11) is 0. The van der Waals surface area contributed by atoms with Crippen LogP contribution in [-0.4, -0.2) is 16.9 Å². The van der Waals surface area contributed by atoms with Crippen LogP contribution in [0.25, 0.3) is 0 Å². The fraction of sp³-hybridized carbons (Fsp3) is 0.778. The number of unbranched alkanes of at least 4 members (excludes halogenated alkanes) is 6. The highest BCUT2D eigenvalue weighted by Crippen LogP contribution is 2.31. The molecule has 0 fully saturated rings. The molecule has 0 amide bonds. The Balaban J connectivity index is 2.11. The molecule has 3 nitrogen and oxygen atoms in total. The monoisotopic (exact) mass is 294 g/mol. The van der Waals surface area contributed by atoms with Crippen molar-refractivity contribution < 1.29 is 14.7 Å².